The summed E-state index contributed by atoms with van der Waals surface area (Å²) in [5.74, 6) is 0.577. The van der Waals surface area contributed by atoms with Gasteiger partial charge in [0.25, 0.3) is 0 Å². The van der Waals surface area contributed by atoms with Gasteiger partial charge in [0.1, 0.15) is 6.10 Å². The Balaban J connectivity index is 1.81. The highest BCUT2D eigenvalue weighted by Crippen LogP contribution is 2.37. The lowest BCUT2D eigenvalue weighted by Crippen LogP contribution is -2.38. The van der Waals surface area contributed by atoms with Crippen molar-refractivity contribution in [3.63, 3.8) is 0 Å². The maximum absolute atomic E-state index is 6.11. The van der Waals surface area contributed by atoms with Crippen LogP contribution < -0.4 is 10.6 Å². The van der Waals surface area contributed by atoms with Crippen LogP contribution in [0.1, 0.15) is 46.0 Å². The van der Waals surface area contributed by atoms with Crippen LogP contribution in [0.5, 0.6) is 0 Å². The average molecular weight is 269 g/mol. The van der Waals surface area contributed by atoms with E-state index in [2.05, 4.69) is 29.5 Å². The third kappa shape index (κ3) is 4.08. The van der Waals surface area contributed by atoms with Crippen molar-refractivity contribution < 1.29 is 9.47 Å². The number of guanidine groups is 1. The fourth-order valence-corrected chi connectivity index (χ4v) is 2.76. The Bertz CT molecular complexity index is 293. The van der Waals surface area contributed by atoms with Gasteiger partial charge in [-0.05, 0) is 26.7 Å². The zero-order chi connectivity index (χ0) is 13.6. The van der Waals surface area contributed by atoms with Crippen molar-refractivity contribution in [2.24, 2.45) is 4.99 Å². The Kier molecular flexibility index (Phi) is 5.45. The van der Waals surface area contributed by atoms with E-state index in [1.54, 1.807) is 0 Å². The highest BCUT2D eigenvalue weighted by molar-refractivity contribution is 5.79. The van der Waals surface area contributed by atoms with Crippen LogP contribution in [0, 0.1) is 0 Å². The number of hydrogen-bond acceptors (Lipinski definition) is 3. The minimum Gasteiger partial charge on any atom is -0.357 e. The van der Waals surface area contributed by atoms with Crippen molar-refractivity contribution in [3.05, 3.63) is 0 Å². The van der Waals surface area contributed by atoms with E-state index in [0.29, 0.717) is 13.2 Å². The van der Waals surface area contributed by atoms with Crippen molar-refractivity contribution in [1.82, 2.24) is 10.6 Å². The number of aliphatic imine (C=N–C) groups is 1. The van der Waals surface area contributed by atoms with Gasteiger partial charge in [0.15, 0.2) is 11.7 Å². The molecule has 2 aliphatic rings. The molecule has 1 saturated carbocycles. The Morgan fingerprint density at radius 3 is 2.47 bits per heavy atom. The summed E-state index contributed by atoms with van der Waals surface area (Å²) < 4.78 is 12.0. The van der Waals surface area contributed by atoms with E-state index < -0.39 is 0 Å². The summed E-state index contributed by atoms with van der Waals surface area (Å²) >= 11 is 0. The smallest absolute Gasteiger partial charge is 0.191 e. The van der Waals surface area contributed by atoms with Crippen LogP contribution in [0.25, 0.3) is 0 Å². The average Bonchev–Trinajstić information content (AvgIpc) is 2.80. The fraction of sp³-hybridized carbons (Fsp3) is 0.929. The first kappa shape index (κ1) is 14.6. The molecule has 5 heteroatoms. The second-order valence-corrected chi connectivity index (χ2v) is 5.27. The number of hydrogen-bond donors (Lipinski definition) is 2. The quantitative estimate of drug-likeness (QED) is 0.602. The lowest BCUT2D eigenvalue weighted by molar-refractivity contribution is -0.186. The van der Waals surface area contributed by atoms with Gasteiger partial charge >= 0.3 is 0 Å². The van der Waals surface area contributed by atoms with E-state index in [-0.39, 0.29) is 11.9 Å². The topological polar surface area (TPSA) is 54.9 Å². The van der Waals surface area contributed by atoms with E-state index in [1.165, 1.54) is 19.3 Å². The highest BCUT2D eigenvalue weighted by atomic mass is 16.7. The monoisotopic (exact) mass is 269 g/mol. The first-order valence-corrected chi connectivity index (χ1v) is 7.62. The first-order chi connectivity index (χ1) is 9.28. The summed E-state index contributed by atoms with van der Waals surface area (Å²) in [5, 5.41) is 6.44. The Hall–Kier alpha value is -0.810. The lowest BCUT2D eigenvalue weighted by Gasteiger charge is -2.31. The Morgan fingerprint density at radius 2 is 1.84 bits per heavy atom. The largest absolute Gasteiger partial charge is 0.357 e. The maximum atomic E-state index is 6.11. The molecule has 2 rings (SSSR count). The van der Waals surface area contributed by atoms with Crippen molar-refractivity contribution in [2.75, 3.05) is 26.2 Å². The molecule has 0 amide bonds. The maximum Gasteiger partial charge on any atom is 0.191 e. The number of ether oxygens (including phenoxy) is 2. The van der Waals surface area contributed by atoms with Crippen molar-refractivity contribution in [1.29, 1.82) is 0 Å². The normalized spacial score (nSPS) is 25.3. The molecule has 5 nitrogen and oxygen atoms in total. The van der Waals surface area contributed by atoms with Crippen molar-refractivity contribution in [3.8, 4) is 0 Å². The molecule has 1 aliphatic heterocycles. The Morgan fingerprint density at radius 1 is 1.16 bits per heavy atom. The first-order valence-electron chi connectivity index (χ1n) is 7.62. The van der Waals surface area contributed by atoms with Gasteiger partial charge in [-0.15, -0.1) is 0 Å². The van der Waals surface area contributed by atoms with Gasteiger partial charge < -0.3 is 20.1 Å². The summed E-state index contributed by atoms with van der Waals surface area (Å²) in [6.07, 6.45) is 5.93. The molecule has 1 atom stereocenters. The predicted molar refractivity (Wildman–Crippen MR) is 76.3 cm³/mol. The predicted octanol–water partition coefficient (Wildman–Crippen LogP) is 1.64. The molecule has 0 unspecified atom stereocenters. The van der Waals surface area contributed by atoms with Crippen LogP contribution in [-0.2, 0) is 9.47 Å². The van der Waals surface area contributed by atoms with Gasteiger partial charge in [0.2, 0.25) is 0 Å². The molecule has 0 aromatic heterocycles. The van der Waals surface area contributed by atoms with Gasteiger partial charge in [0.05, 0.1) is 13.2 Å². The molecular weight excluding hydrogens is 242 g/mol. The zero-order valence-electron chi connectivity index (χ0n) is 12.2. The van der Waals surface area contributed by atoms with Crippen LogP contribution in [-0.4, -0.2) is 44.1 Å². The standard InChI is InChI=1S/C14H27N3O2/c1-3-15-13(16-4-2)17-10-12-11-18-14(19-12)8-6-5-7-9-14/h12H,3-11H2,1-2H3,(H2,15,16,17)/t12-/m1/s1. The van der Waals surface area contributed by atoms with Gasteiger partial charge in [-0.2, -0.15) is 0 Å². The van der Waals surface area contributed by atoms with Crippen LogP contribution in [0.4, 0.5) is 0 Å². The Labute approximate surface area is 116 Å². The molecule has 2 N–H and O–H groups in total. The molecule has 0 aromatic carbocycles. The number of rotatable bonds is 4. The molecule has 1 heterocycles. The lowest BCUT2D eigenvalue weighted by atomic mass is 9.94. The van der Waals surface area contributed by atoms with Gasteiger partial charge in [-0.1, -0.05) is 6.42 Å². The van der Waals surface area contributed by atoms with E-state index >= 15 is 0 Å². The molecule has 110 valence electrons. The van der Waals surface area contributed by atoms with E-state index in [4.69, 9.17) is 9.47 Å². The highest BCUT2D eigenvalue weighted by Gasteiger charge is 2.41. The summed E-state index contributed by atoms with van der Waals surface area (Å²) in [4.78, 5) is 4.55. The molecule has 1 saturated heterocycles. The molecule has 1 aliphatic carbocycles. The molecule has 0 radical (unpaired) electrons. The number of nitrogens with one attached hydrogen (secondary N) is 2. The van der Waals surface area contributed by atoms with Crippen LogP contribution in [0.3, 0.4) is 0 Å². The molecule has 0 aromatic rings. The van der Waals surface area contributed by atoms with Crippen LogP contribution in [0.2, 0.25) is 0 Å². The van der Waals surface area contributed by atoms with E-state index in [9.17, 15) is 0 Å². The minimum atomic E-state index is -0.283. The van der Waals surface area contributed by atoms with Gasteiger partial charge in [0, 0.05) is 25.9 Å². The fourth-order valence-electron chi connectivity index (χ4n) is 2.76. The second kappa shape index (κ2) is 7.10. The van der Waals surface area contributed by atoms with E-state index in [1.807, 2.05) is 0 Å². The van der Waals surface area contributed by atoms with Gasteiger partial charge in [-0.25, -0.2) is 0 Å². The minimum absolute atomic E-state index is 0.102. The van der Waals surface area contributed by atoms with Crippen LogP contribution in [0.15, 0.2) is 4.99 Å². The van der Waals surface area contributed by atoms with Crippen LogP contribution >= 0.6 is 0 Å². The summed E-state index contributed by atoms with van der Waals surface area (Å²) in [7, 11) is 0. The van der Waals surface area contributed by atoms with Crippen molar-refractivity contribution >= 4 is 5.96 Å². The van der Waals surface area contributed by atoms with Crippen molar-refractivity contribution in [2.45, 2.75) is 57.8 Å². The molecule has 19 heavy (non-hydrogen) atoms. The third-order valence-corrected chi connectivity index (χ3v) is 3.67. The zero-order valence-corrected chi connectivity index (χ0v) is 12.2. The molecular formula is C14H27N3O2. The second-order valence-electron chi connectivity index (χ2n) is 5.27. The van der Waals surface area contributed by atoms with Gasteiger partial charge in [-0.3, -0.25) is 4.99 Å². The molecule has 1 spiro atoms. The van der Waals surface area contributed by atoms with E-state index in [0.717, 1.165) is 31.9 Å². The molecule has 2 fully saturated rings. The molecule has 0 bridgehead atoms. The summed E-state index contributed by atoms with van der Waals surface area (Å²) in [5.41, 5.74) is 0. The number of nitrogens with zero attached hydrogens (tertiary/aromatic N) is 1. The summed E-state index contributed by atoms with van der Waals surface area (Å²) in [6, 6.07) is 0. The summed E-state index contributed by atoms with van der Waals surface area (Å²) in [6.45, 7) is 7.22. The SMILES string of the molecule is CCNC(=NC[C@@H]1COC2(CCCCC2)O1)NCC. The third-order valence-electron chi connectivity index (χ3n) is 3.67.